The molecule has 2 amide bonds. The summed E-state index contributed by atoms with van der Waals surface area (Å²) < 4.78 is 5.43. The van der Waals surface area contributed by atoms with Crippen LogP contribution >= 0.6 is 0 Å². The number of nitrogens with zero attached hydrogens (tertiary/aromatic N) is 2. The monoisotopic (exact) mass is 396 g/mol. The van der Waals surface area contributed by atoms with Gasteiger partial charge in [0.2, 0.25) is 0 Å². The second-order valence-corrected chi connectivity index (χ2v) is 7.65. The van der Waals surface area contributed by atoms with Crippen molar-refractivity contribution in [3.8, 4) is 0 Å². The van der Waals surface area contributed by atoms with E-state index in [1.165, 1.54) is 4.90 Å². The van der Waals surface area contributed by atoms with Gasteiger partial charge in [-0.25, -0.2) is 4.79 Å². The Morgan fingerprint density at radius 3 is 2.41 bits per heavy atom. The average Bonchev–Trinajstić information content (AvgIpc) is 2.71. The SMILES string of the molecule is CCCCCCOC(=O)c1ccc2c3c(cccc13)C(=O)N(CCN(C)C)C2=O. The van der Waals surface area contributed by atoms with Gasteiger partial charge in [-0.15, -0.1) is 0 Å². The highest BCUT2D eigenvalue weighted by atomic mass is 16.5. The topological polar surface area (TPSA) is 66.9 Å². The van der Waals surface area contributed by atoms with Crippen LogP contribution in [0.4, 0.5) is 0 Å². The van der Waals surface area contributed by atoms with Crippen molar-refractivity contribution >= 4 is 28.6 Å². The molecule has 3 rings (SSSR count). The number of hydrogen-bond acceptors (Lipinski definition) is 5. The number of rotatable bonds is 9. The van der Waals surface area contributed by atoms with Crippen LogP contribution in [-0.2, 0) is 4.74 Å². The van der Waals surface area contributed by atoms with Crippen LogP contribution in [0.25, 0.3) is 10.8 Å². The quantitative estimate of drug-likeness (QED) is 0.367. The number of esters is 1. The second-order valence-electron chi connectivity index (χ2n) is 7.65. The maximum atomic E-state index is 13.0. The number of hydrogen-bond donors (Lipinski definition) is 0. The van der Waals surface area contributed by atoms with E-state index < -0.39 is 5.97 Å². The van der Waals surface area contributed by atoms with Crippen molar-refractivity contribution in [3.05, 3.63) is 47.0 Å². The lowest BCUT2D eigenvalue weighted by molar-refractivity contribution is 0.0497. The van der Waals surface area contributed by atoms with E-state index in [9.17, 15) is 14.4 Å². The molecule has 0 saturated heterocycles. The van der Waals surface area contributed by atoms with E-state index in [2.05, 4.69) is 6.92 Å². The van der Waals surface area contributed by atoms with E-state index in [0.717, 1.165) is 25.7 Å². The number of amides is 2. The highest BCUT2D eigenvalue weighted by Crippen LogP contribution is 2.32. The first-order valence-electron chi connectivity index (χ1n) is 10.2. The molecule has 0 bridgehead atoms. The lowest BCUT2D eigenvalue weighted by atomic mass is 9.91. The zero-order valence-corrected chi connectivity index (χ0v) is 17.4. The molecule has 2 aromatic carbocycles. The number of carbonyl (C=O) groups is 3. The van der Waals surface area contributed by atoms with Crippen LogP contribution in [0.5, 0.6) is 0 Å². The van der Waals surface area contributed by atoms with Gasteiger partial charge in [0.25, 0.3) is 11.8 Å². The fourth-order valence-electron chi connectivity index (χ4n) is 3.60. The molecule has 0 unspecified atom stereocenters. The number of benzene rings is 2. The summed E-state index contributed by atoms with van der Waals surface area (Å²) >= 11 is 0. The minimum absolute atomic E-state index is 0.319. The molecule has 0 saturated carbocycles. The van der Waals surface area contributed by atoms with E-state index in [0.29, 0.717) is 47.2 Å². The predicted octanol–water partition coefficient (Wildman–Crippen LogP) is 3.73. The fourth-order valence-corrected chi connectivity index (χ4v) is 3.60. The minimum Gasteiger partial charge on any atom is -0.462 e. The molecule has 6 nitrogen and oxygen atoms in total. The Hall–Kier alpha value is -2.73. The summed E-state index contributed by atoms with van der Waals surface area (Å²) in [4.78, 5) is 41.7. The summed E-state index contributed by atoms with van der Waals surface area (Å²) in [5.74, 6) is -1.06. The summed E-state index contributed by atoms with van der Waals surface area (Å²) in [5, 5.41) is 1.14. The van der Waals surface area contributed by atoms with Crippen LogP contribution in [0.15, 0.2) is 30.3 Å². The maximum Gasteiger partial charge on any atom is 0.338 e. The van der Waals surface area contributed by atoms with E-state index in [4.69, 9.17) is 4.74 Å². The third-order valence-electron chi connectivity index (χ3n) is 5.21. The molecule has 6 heteroatoms. The molecule has 29 heavy (non-hydrogen) atoms. The third kappa shape index (κ3) is 4.32. The molecule has 2 aromatic rings. The van der Waals surface area contributed by atoms with Gasteiger partial charge < -0.3 is 9.64 Å². The smallest absolute Gasteiger partial charge is 0.338 e. The van der Waals surface area contributed by atoms with E-state index in [1.807, 2.05) is 19.0 Å². The van der Waals surface area contributed by atoms with Gasteiger partial charge in [-0.05, 0) is 44.1 Å². The summed E-state index contributed by atoms with van der Waals surface area (Å²) in [6.07, 6.45) is 4.10. The van der Waals surface area contributed by atoms with Gasteiger partial charge in [-0.3, -0.25) is 14.5 Å². The Morgan fingerprint density at radius 2 is 1.72 bits per heavy atom. The molecular weight excluding hydrogens is 368 g/mol. The van der Waals surface area contributed by atoms with Crippen LogP contribution in [0, 0.1) is 0 Å². The lowest BCUT2D eigenvalue weighted by Gasteiger charge is -2.28. The van der Waals surface area contributed by atoms with Gasteiger partial charge in [-0.2, -0.15) is 0 Å². The molecule has 0 aliphatic carbocycles. The van der Waals surface area contributed by atoms with Crippen molar-refractivity contribution < 1.29 is 19.1 Å². The largest absolute Gasteiger partial charge is 0.462 e. The zero-order chi connectivity index (χ0) is 21.0. The third-order valence-corrected chi connectivity index (χ3v) is 5.21. The molecule has 154 valence electrons. The van der Waals surface area contributed by atoms with Crippen molar-refractivity contribution in [3.63, 3.8) is 0 Å². The van der Waals surface area contributed by atoms with Crippen LogP contribution in [0.3, 0.4) is 0 Å². The normalized spacial score (nSPS) is 13.4. The Morgan fingerprint density at radius 1 is 1.00 bits per heavy atom. The molecule has 0 fully saturated rings. The highest BCUT2D eigenvalue weighted by Gasteiger charge is 2.33. The predicted molar refractivity (Wildman–Crippen MR) is 112 cm³/mol. The van der Waals surface area contributed by atoms with Crippen molar-refractivity contribution in [1.82, 2.24) is 9.80 Å². The van der Waals surface area contributed by atoms with Crippen molar-refractivity contribution in [1.29, 1.82) is 0 Å². The molecule has 0 radical (unpaired) electrons. The van der Waals surface area contributed by atoms with Gasteiger partial charge >= 0.3 is 5.97 Å². The number of unbranched alkanes of at least 4 members (excludes halogenated alkanes) is 3. The standard InChI is InChI=1S/C23H28N2O4/c1-4-5-6-7-15-29-23(28)17-11-12-19-20-16(17)9-8-10-18(20)21(26)25(22(19)27)14-13-24(2)3/h8-12H,4-7,13-15H2,1-3H3. The molecule has 1 aliphatic heterocycles. The van der Waals surface area contributed by atoms with Gasteiger partial charge in [0.1, 0.15) is 0 Å². The molecule has 0 spiro atoms. The van der Waals surface area contributed by atoms with E-state index in [1.54, 1.807) is 30.3 Å². The Labute approximate surface area is 171 Å². The summed E-state index contributed by atoms with van der Waals surface area (Å²) in [6.45, 7) is 3.41. The molecule has 0 atom stereocenters. The van der Waals surface area contributed by atoms with Crippen molar-refractivity contribution in [2.75, 3.05) is 33.8 Å². The molecule has 0 aromatic heterocycles. The number of likely N-dealkylation sites (N-methyl/N-ethyl adjacent to an activating group) is 1. The minimum atomic E-state index is -0.417. The highest BCUT2D eigenvalue weighted by molar-refractivity contribution is 6.27. The number of ether oxygens (including phenoxy) is 1. The average molecular weight is 396 g/mol. The van der Waals surface area contributed by atoms with E-state index >= 15 is 0 Å². The Bertz CT molecular complexity index is 914. The van der Waals surface area contributed by atoms with Gasteiger partial charge in [-0.1, -0.05) is 38.3 Å². The van der Waals surface area contributed by atoms with Gasteiger partial charge in [0, 0.05) is 29.6 Å². The number of imide groups is 1. The summed E-state index contributed by atoms with van der Waals surface area (Å²) in [7, 11) is 3.79. The first-order chi connectivity index (χ1) is 14.0. The van der Waals surface area contributed by atoms with Crippen molar-refractivity contribution in [2.45, 2.75) is 32.6 Å². The van der Waals surface area contributed by atoms with Gasteiger partial charge in [0.15, 0.2) is 0 Å². The first kappa shape index (κ1) is 21.0. The first-order valence-corrected chi connectivity index (χ1v) is 10.2. The van der Waals surface area contributed by atoms with Crippen molar-refractivity contribution in [2.24, 2.45) is 0 Å². The van der Waals surface area contributed by atoms with Gasteiger partial charge in [0.05, 0.1) is 12.2 Å². The van der Waals surface area contributed by atoms with Crippen LogP contribution in [-0.4, -0.2) is 61.4 Å². The molecule has 1 heterocycles. The second kappa shape index (κ2) is 9.18. The Balaban J connectivity index is 1.90. The maximum absolute atomic E-state index is 13.0. The van der Waals surface area contributed by atoms with Crippen LogP contribution in [0.1, 0.15) is 63.7 Å². The van der Waals surface area contributed by atoms with Crippen LogP contribution < -0.4 is 0 Å². The fraction of sp³-hybridized carbons (Fsp3) is 0.435. The van der Waals surface area contributed by atoms with E-state index in [-0.39, 0.29) is 11.8 Å². The zero-order valence-electron chi connectivity index (χ0n) is 17.4. The number of carbonyl (C=O) groups excluding carboxylic acids is 3. The molecular formula is C23H28N2O4. The molecule has 0 N–H and O–H groups in total. The summed E-state index contributed by atoms with van der Waals surface area (Å²) in [5.41, 5.74) is 1.30. The van der Waals surface area contributed by atoms with Crippen LogP contribution in [0.2, 0.25) is 0 Å². The Kier molecular flexibility index (Phi) is 6.64. The lowest BCUT2D eigenvalue weighted by Crippen LogP contribution is -2.43. The molecule has 1 aliphatic rings. The summed E-state index contributed by atoms with van der Waals surface area (Å²) in [6, 6.07) is 8.50.